The maximum Gasteiger partial charge on any atom is 2.00 e. The van der Waals surface area contributed by atoms with Crippen LogP contribution >= 0.6 is 0 Å². The first-order valence-electron chi connectivity index (χ1n) is 15.9. The van der Waals surface area contributed by atoms with E-state index in [2.05, 4.69) is 148 Å². The summed E-state index contributed by atoms with van der Waals surface area (Å²) >= 11 is 0. The van der Waals surface area contributed by atoms with Crippen molar-refractivity contribution in [1.82, 2.24) is 19.1 Å². The van der Waals surface area contributed by atoms with Crippen molar-refractivity contribution in [1.29, 1.82) is 0 Å². The summed E-state index contributed by atoms with van der Waals surface area (Å²) in [5.41, 5.74) is 10.3. The fourth-order valence-electron chi connectivity index (χ4n) is 6.59. The van der Waals surface area contributed by atoms with Crippen molar-refractivity contribution < 1.29 is 21.1 Å². The number of para-hydroxylation sites is 2. The minimum absolute atomic E-state index is 0. The van der Waals surface area contributed by atoms with Gasteiger partial charge in [0, 0.05) is 33.9 Å². The minimum atomic E-state index is -0.0913. The number of hydrogen-bond acceptors (Lipinski definition) is 2. The molecule has 0 spiro atoms. The predicted molar refractivity (Wildman–Crippen MR) is 191 cm³/mol. The molecule has 47 heavy (non-hydrogen) atoms. The Labute approximate surface area is 290 Å². The van der Waals surface area contributed by atoms with Crippen LogP contribution in [-0.2, 0) is 31.9 Å². The quantitative estimate of drug-likeness (QED) is 0.167. The summed E-state index contributed by atoms with van der Waals surface area (Å²) in [6.07, 6.45) is 3.75. The first kappa shape index (κ1) is 31.1. The second-order valence-corrected chi connectivity index (χ2v) is 14.3. The Hall–Kier alpha value is -4.53. The molecule has 0 aliphatic carbocycles. The van der Waals surface area contributed by atoms with E-state index in [0.717, 1.165) is 55.6 Å². The Morgan fingerprint density at radius 1 is 0.489 bits per heavy atom. The largest absolute Gasteiger partial charge is 2.00 e. The Morgan fingerprint density at radius 3 is 1.28 bits per heavy atom. The molecule has 234 valence electrons. The molecule has 0 saturated heterocycles. The topological polar surface area (TPSA) is 35.6 Å². The van der Waals surface area contributed by atoms with E-state index in [1.54, 1.807) is 0 Å². The number of hydrogen-bond donors (Lipinski definition) is 0. The Bertz CT molecular complexity index is 2170. The molecular formula is C42H36N4Pt. The number of rotatable bonds is 3. The van der Waals surface area contributed by atoms with Gasteiger partial charge in [-0.05, 0) is 58.6 Å². The zero-order valence-electron chi connectivity index (χ0n) is 27.5. The maximum atomic E-state index is 4.87. The van der Waals surface area contributed by atoms with Gasteiger partial charge >= 0.3 is 21.1 Å². The van der Waals surface area contributed by atoms with E-state index in [0.29, 0.717) is 0 Å². The summed E-state index contributed by atoms with van der Waals surface area (Å²) in [4.78, 5) is 9.73. The summed E-state index contributed by atoms with van der Waals surface area (Å²) in [7, 11) is 0. The number of aromatic nitrogens is 4. The number of nitrogens with zero attached hydrogens (tertiary/aromatic N) is 4. The van der Waals surface area contributed by atoms with Gasteiger partial charge < -0.3 is 9.13 Å². The average molecular weight is 792 g/mol. The summed E-state index contributed by atoms with van der Waals surface area (Å²) in [5.74, 6) is 0. The van der Waals surface area contributed by atoms with Crippen LogP contribution in [-0.4, -0.2) is 19.1 Å². The number of pyridine rings is 2. The minimum Gasteiger partial charge on any atom is -0.313 e. The SMILES string of the molecule is CC(C)(C)c1cc(-c2[c-]c(-n3c4ccccc4c4cccnc43)cc(C(C)(C)C)c2)[c-]c(-n2c3ccccc3c3cccnc32)c1.[Pt+2]. The van der Waals surface area contributed by atoms with E-state index < -0.39 is 0 Å². The molecule has 0 aliphatic heterocycles. The Morgan fingerprint density at radius 2 is 0.872 bits per heavy atom. The molecule has 4 nitrogen and oxygen atoms in total. The average Bonchev–Trinajstić information content (AvgIpc) is 3.57. The number of benzene rings is 4. The van der Waals surface area contributed by atoms with Crippen LogP contribution in [0, 0.1) is 12.1 Å². The molecule has 0 amide bonds. The number of fused-ring (bicyclic) bond motifs is 6. The van der Waals surface area contributed by atoms with Crippen LogP contribution in [0.25, 0.3) is 66.4 Å². The molecular weight excluding hydrogens is 756 g/mol. The monoisotopic (exact) mass is 791 g/mol. The normalized spacial score (nSPS) is 12.3. The molecule has 4 aromatic carbocycles. The predicted octanol–water partition coefficient (Wildman–Crippen LogP) is 10.5. The molecule has 8 aromatic rings. The molecule has 8 rings (SSSR count). The molecule has 5 heteroatoms. The molecule has 0 radical (unpaired) electrons. The molecule has 0 saturated carbocycles. The van der Waals surface area contributed by atoms with Gasteiger partial charge in [-0.3, -0.25) is 0 Å². The molecule has 0 atom stereocenters. The second-order valence-electron chi connectivity index (χ2n) is 14.3. The van der Waals surface area contributed by atoms with E-state index in [9.17, 15) is 0 Å². The molecule has 0 N–H and O–H groups in total. The van der Waals surface area contributed by atoms with Crippen LogP contribution in [0.2, 0.25) is 0 Å². The molecule has 4 heterocycles. The molecule has 0 unspecified atom stereocenters. The van der Waals surface area contributed by atoms with Gasteiger partial charge in [-0.2, -0.15) is 24.3 Å². The summed E-state index contributed by atoms with van der Waals surface area (Å²) < 4.78 is 4.52. The first-order chi connectivity index (χ1) is 22.1. The van der Waals surface area contributed by atoms with Crippen molar-refractivity contribution in [2.75, 3.05) is 0 Å². The zero-order chi connectivity index (χ0) is 31.8. The third kappa shape index (κ3) is 5.20. The summed E-state index contributed by atoms with van der Waals surface area (Å²) in [5, 5.41) is 4.64. The molecule has 4 aromatic heterocycles. The van der Waals surface area contributed by atoms with Gasteiger partial charge in [-0.15, -0.1) is 23.3 Å². The van der Waals surface area contributed by atoms with Gasteiger partial charge in [-0.25, -0.2) is 21.1 Å². The fraction of sp³-hybridized carbons (Fsp3) is 0.190. The van der Waals surface area contributed by atoms with Crippen LogP contribution in [0.3, 0.4) is 0 Å². The second kappa shape index (κ2) is 11.3. The van der Waals surface area contributed by atoms with E-state index in [1.807, 2.05) is 24.5 Å². The van der Waals surface area contributed by atoms with Crippen molar-refractivity contribution in [3.8, 4) is 22.5 Å². The Balaban J connectivity index is 0.00000351. The maximum absolute atomic E-state index is 4.87. The van der Waals surface area contributed by atoms with Crippen molar-refractivity contribution in [2.45, 2.75) is 52.4 Å². The van der Waals surface area contributed by atoms with E-state index >= 15 is 0 Å². The van der Waals surface area contributed by atoms with Crippen molar-refractivity contribution >= 4 is 43.9 Å². The molecule has 0 aliphatic rings. The Kier molecular flexibility index (Phi) is 7.48. The van der Waals surface area contributed by atoms with Gasteiger partial charge in [0.2, 0.25) is 0 Å². The van der Waals surface area contributed by atoms with Crippen LogP contribution in [0.15, 0.2) is 109 Å². The fourth-order valence-corrected chi connectivity index (χ4v) is 6.59. The van der Waals surface area contributed by atoms with E-state index in [4.69, 9.17) is 9.97 Å². The van der Waals surface area contributed by atoms with Gasteiger partial charge in [-0.1, -0.05) is 77.9 Å². The third-order valence-electron chi connectivity index (χ3n) is 9.08. The van der Waals surface area contributed by atoms with Crippen molar-refractivity contribution in [2.24, 2.45) is 0 Å². The molecule has 0 bridgehead atoms. The van der Waals surface area contributed by atoms with Gasteiger partial charge in [0.1, 0.15) is 11.3 Å². The van der Waals surface area contributed by atoms with Gasteiger partial charge in [0.25, 0.3) is 0 Å². The van der Waals surface area contributed by atoms with Crippen LogP contribution in [0.4, 0.5) is 0 Å². The van der Waals surface area contributed by atoms with Gasteiger partial charge in [0.05, 0.1) is 11.0 Å². The van der Waals surface area contributed by atoms with Crippen LogP contribution < -0.4 is 0 Å². The standard InChI is InChI=1S/C42H36N4.Pt/c1-41(2,3)29-21-27(23-31(25-29)45-37-17-9-7-13-33(37)35-15-11-19-43-39(35)45)28-22-30(42(4,5)6)26-32(24-28)46-38-18-10-8-14-34(38)36-16-12-20-44-40(36)46;/h7-22,25-26H,1-6H3;/q-2;+2. The summed E-state index contributed by atoms with van der Waals surface area (Å²) in [6.45, 7) is 13.6. The van der Waals surface area contributed by atoms with Gasteiger partial charge in [0.15, 0.2) is 0 Å². The van der Waals surface area contributed by atoms with E-state index in [-0.39, 0.29) is 31.9 Å². The van der Waals surface area contributed by atoms with Crippen LogP contribution in [0.5, 0.6) is 0 Å². The summed E-state index contributed by atoms with van der Waals surface area (Å²) in [6, 6.07) is 42.2. The smallest absolute Gasteiger partial charge is 0.313 e. The van der Waals surface area contributed by atoms with Crippen molar-refractivity contribution in [3.05, 3.63) is 133 Å². The molecule has 0 fully saturated rings. The van der Waals surface area contributed by atoms with E-state index in [1.165, 1.54) is 21.9 Å². The van der Waals surface area contributed by atoms with Crippen LogP contribution in [0.1, 0.15) is 52.7 Å². The first-order valence-corrected chi connectivity index (χ1v) is 15.9. The van der Waals surface area contributed by atoms with Crippen molar-refractivity contribution in [3.63, 3.8) is 0 Å². The zero-order valence-corrected chi connectivity index (χ0v) is 29.8. The third-order valence-corrected chi connectivity index (χ3v) is 9.08.